The lowest BCUT2D eigenvalue weighted by Gasteiger charge is -2.23. The van der Waals surface area contributed by atoms with Crippen molar-refractivity contribution in [1.82, 2.24) is 4.90 Å². The normalized spacial score (nSPS) is 17.5. The average molecular weight is 351 g/mol. The molecule has 2 rings (SSSR count). The smallest absolute Gasteiger partial charge is 0.329 e. The van der Waals surface area contributed by atoms with Crippen LogP contribution < -0.4 is 4.74 Å². The number of carbonyl (C=O) groups excluding carboxylic acids is 2. The Kier molecular flexibility index (Phi) is 5.79. The molecule has 1 amide bonds. The molecular formula is C16H17NO4S2. The number of ether oxygens (including phenoxy) is 2. The quantitative estimate of drug-likeness (QED) is 0.462. The summed E-state index contributed by atoms with van der Waals surface area (Å²) in [5, 5.41) is 0. The second-order valence-corrected chi connectivity index (χ2v) is 6.45. The Morgan fingerprint density at radius 3 is 2.52 bits per heavy atom. The zero-order chi connectivity index (χ0) is 17.0. The first-order valence-corrected chi connectivity index (χ1v) is 8.23. The Hall–Kier alpha value is -1.86. The lowest BCUT2D eigenvalue weighted by molar-refractivity contribution is -0.148. The molecule has 1 aliphatic rings. The van der Waals surface area contributed by atoms with Gasteiger partial charge in [-0.05, 0) is 30.2 Å². The Morgan fingerprint density at radius 2 is 2.00 bits per heavy atom. The molecule has 1 aromatic carbocycles. The molecule has 23 heavy (non-hydrogen) atoms. The molecule has 5 nitrogen and oxygen atoms in total. The Labute approximate surface area is 144 Å². The average Bonchev–Trinajstić information content (AvgIpc) is 2.83. The molecule has 0 N–H and O–H groups in total. The summed E-state index contributed by atoms with van der Waals surface area (Å²) in [6.45, 7) is 1.81. The van der Waals surface area contributed by atoms with Crippen molar-refractivity contribution in [2.75, 3.05) is 14.2 Å². The molecule has 0 spiro atoms. The van der Waals surface area contributed by atoms with E-state index in [4.69, 9.17) is 21.7 Å². The lowest BCUT2D eigenvalue weighted by Crippen LogP contribution is -2.44. The monoisotopic (exact) mass is 351 g/mol. The third-order valence-electron chi connectivity index (χ3n) is 3.41. The Morgan fingerprint density at radius 1 is 1.35 bits per heavy atom. The van der Waals surface area contributed by atoms with E-state index in [0.29, 0.717) is 15.6 Å². The third-order valence-corrected chi connectivity index (χ3v) is 4.74. The topological polar surface area (TPSA) is 55.8 Å². The summed E-state index contributed by atoms with van der Waals surface area (Å²) in [4.78, 5) is 26.2. The zero-order valence-corrected chi connectivity index (χ0v) is 14.7. The minimum absolute atomic E-state index is 0.270. The fourth-order valence-corrected chi connectivity index (χ4v) is 3.55. The maximum atomic E-state index is 12.6. The van der Waals surface area contributed by atoms with Crippen molar-refractivity contribution in [2.24, 2.45) is 0 Å². The van der Waals surface area contributed by atoms with Gasteiger partial charge in [0.2, 0.25) is 0 Å². The van der Waals surface area contributed by atoms with Gasteiger partial charge in [-0.1, -0.05) is 43.0 Å². The predicted molar refractivity (Wildman–Crippen MR) is 94.1 cm³/mol. The van der Waals surface area contributed by atoms with Crippen molar-refractivity contribution in [3.8, 4) is 5.75 Å². The van der Waals surface area contributed by atoms with Crippen molar-refractivity contribution in [3.05, 3.63) is 34.7 Å². The van der Waals surface area contributed by atoms with E-state index in [1.807, 2.05) is 31.2 Å². The molecule has 1 heterocycles. The van der Waals surface area contributed by atoms with Crippen molar-refractivity contribution in [3.63, 3.8) is 0 Å². The van der Waals surface area contributed by atoms with Gasteiger partial charge < -0.3 is 9.47 Å². The lowest BCUT2D eigenvalue weighted by atomic mass is 10.1. The van der Waals surface area contributed by atoms with Crippen LogP contribution in [0.3, 0.4) is 0 Å². The molecule has 1 atom stereocenters. The van der Waals surface area contributed by atoms with E-state index in [0.717, 1.165) is 11.3 Å². The Bertz CT molecular complexity index is 655. The van der Waals surface area contributed by atoms with Crippen LogP contribution in [0.15, 0.2) is 29.2 Å². The summed E-state index contributed by atoms with van der Waals surface area (Å²) in [5.74, 6) is 0.00834. The first-order valence-electron chi connectivity index (χ1n) is 7.00. The molecule has 1 aliphatic heterocycles. The summed E-state index contributed by atoms with van der Waals surface area (Å²) in [7, 11) is 2.90. The van der Waals surface area contributed by atoms with Gasteiger partial charge in [0.05, 0.1) is 19.1 Å². The van der Waals surface area contributed by atoms with E-state index in [1.54, 1.807) is 13.2 Å². The van der Waals surface area contributed by atoms with Gasteiger partial charge in [-0.15, -0.1) is 0 Å². The van der Waals surface area contributed by atoms with Gasteiger partial charge in [0.15, 0.2) is 0 Å². The van der Waals surface area contributed by atoms with E-state index in [9.17, 15) is 9.59 Å². The van der Waals surface area contributed by atoms with Crippen molar-refractivity contribution < 1.29 is 19.1 Å². The van der Waals surface area contributed by atoms with E-state index in [1.165, 1.54) is 23.8 Å². The highest BCUT2D eigenvalue weighted by Crippen LogP contribution is 2.35. The first-order chi connectivity index (χ1) is 11.0. The summed E-state index contributed by atoms with van der Waals surface area (Å²) in [5.41, 5.74) is 0.859. The van der Waals surface area contributed by atoms with Crippen LogP contribution in [0.5, 0.6) is 5.75 Å². The number of benzene rings is 1. The Balaban J connectivity index is 2.26. The highest BCUT2D eigenvalue weighted by molar-refractivity contribution is 8.26. The maximum absolute atomic E-state index is 12.6. The molecule has 1 saturated heterocycles. The van der Waals surface area contributed by atoms with Crippen LogP contribution in [0, 0.1) is 0 Å². The molecule has 0 bridgehead atoms. The number of nitrogens with zero attached hydrogens (tertiary/aromatic N) is 1. The van der Waals surface area contributed by atoms with Gasteiger partial charge in [-0.25, -0.2) is 4.79 Å². The second kappa shape index (κ2) is 7.61. The number of thioether (sulfide) groups is 1. The van der Waals surface area contributed by atoms with E-state index < -0.39 is 12.0 Å². The largest absolute Gasteiger partial charge is 0.497 e. The van der Waals surface area contributed by atoms with E-state index >= 15 is 0 Å². The number of esters is 1. The second-order valence-electron chi connectivity index (χ2n) is 4.77. The van der Waals surface area contributed by atoms with Crippen LogP contribution in [0.25, 0.3) is 6.08 Å². The van der Waals surface area contributed by atoms with Crippen LogP contribution in [-0.4, -0.2) is 41.4 Å². The standard InChI is InChI=1S/C16H17NO4S2/c1-4-12(15(19)21-3)17-14(18)13(23-16(17)22)9-10-5-7-11(20-2)8-6-10/h5-9,12H,4H2,1-3H3/b13-9+/t12-/m1/s1. The number of rotatable bonds is 5. The molecule has 1 fully saturated rings. The predicted octanol–water partition coefficient (Wildman–Crippen LogP) is 2.85. The van der Waals surface area contributed by atoms with Gasteiger partial charge in [-0.2, -0.15) is 0 Å². The molecule has 0 radical (unpaired) electrons. The summed E-state index contributed by atoms with van der Waals surface area (Å²) < 4.78 is 10.2. The molecule has 0 aromatic heterocycles. The van der Waals surface area contributed by atoms with Gasteiger partial charge >= 0.3 is 5.97 Å². The molecule has 0 unspecified atom stereocenters. The number of hydrogen-bond acceptors (Lipinski definition) is 6. The summed E-state index contributed by atoms with van der Waals surface area (Å²) in [6.07, 6.45) is 2.19. The van der Waals surface area contributed by atoms with Crippen LogP contribution >= 0.6 is 24.0 Å². The first kappa shape index (κ1) is 17.5. The fraction of sp³-hybridized carbons (Fsp3) is 0.312. The van der Waals surface area contributed by atoms with Crippen molar-refractivity contribution >= 4 is 46.3 Å². The fourth-order valence-electron chi connectivity index (χ4n) is 2.19. The van der Waals surface area contributed by atoms with E-state index in [-0.39, 0.29) is 5.91 Å². The highest BCUT2D eigenvalue weighted by Gasteiger charge is 2.40. The van der Waals surface area contributed by atoms with Gasteiger partial charge in [0.25, 0.3) is 5.91 Å². The van der Waals surface area contributed by atoms with Crippen LogP contribution in [0.2, 0.25) is 0 Å². The molecule has 1 aromatic rings. The van der Waals surface area contributed by atoms with Gasteiger partial charge in [0.1, 0.15) is 16.1 Å². The highest BCUT2D eigenvalue weighted by atomic mass is 32.2. The molecular weight excluding hydrogens is 334 g/mol. The van der Waals surface area contributed by atoms with Crippen molar-refractivity contribution in [1.29, 1.82) is 0 Å². The van der Waals surface area contributed by atoms with Gasteiger partial charge in [-0.3, -0.25) is 9.69 Å². The SMILES string of the molecule is CC[C@H](C(=O)OC)N1C(=O)/C(=C\c2ccc(OC)cc2)SC1=S. The van der Waals surface area contributed by atoms with Crippen LogP contribution in [0.4, 0.5) is 0 Å². The number of amides is 1. The third kappa shape index (κ3) is 3.73. The number of thiocarbonyl (C=S) groups is 1. The van der Waals surface area contributed by atoms with Crippen LogP contribution in [-0.2, 0) is 14.3 Å². The van der Waals surface area contributed by atoms with Crippen LogP contribution in [0.1, 0.15) is 18.9 Å². The molecule has 122 valence electrons. The zero-order valence-electron chi connectivity index (χ0n) is 13.1. The summed E-state index contributed by atoms with van der Waals surface area (Å²) in [6, 6.07) is 6.65. The minimum Gasteiger partial charge on any atom is -0.497 e. The number of carbonyl (C=O) groups is 2. The molecule has 0 saturated carbocycles. The van der Waals surface area contributed by atoms with Crippen molar-refractivity contribution in [2.45, 2.75) is 19.4 Å². The van der Waals surface area contributed by atoms with Gasteiger partial charge in [0, 0.05) is 0 Å². The maximum Gasteiger partial charge on any atom is 0.329 e. The number of methoxy groups -OCH3 is 2. The molecule has 0 aliphatic carbocycles. The minimum atomic E-state index is -0.686. The molecule has 7 heteroatoms. The van der Waals surface area contributed by atoms with E-state index in [2.05, 4.69) is 0 Å². The number of hydrogen-bond donors (Lipinski definition) is 0. The summed E-state index contributed by atoms with van der Waals surface area (Å²) >= 11 is 6.45.